The Morgan fingerprint density at radius 1 is 1.29 bits per heavy atom. The Morgan fingerprint density at radius 3 is 2.43 bits per heavy atom. The van der Waals surface area contributed by atoms with E-state index in [2.05, 4.69) is 6.92 Å². The number of rotatable bonds is 3. The standard InChI is InChI=1S/C12H17NO/c1-9(14-12-3-2-4-12)10-5-7-11(13)8-6-10/h5-9,12H,2-4,13H2,1H3. The summed E-state index contributed by atoms with van der Waals surface area (Å²) in [5.74, 6) is 0. The zero-order chi connectivity index (χ0) is 9.97. The van der Waals surface area contributed by atoms with Crippen molar-refractivity contribution in [2.45, 2.75) is 38.4 Å². The van der Waals surface area contributed by atoms with Crippen LogP contribution in [0.3, 0.4) is 0 Å². The number of benzene rings is 1. The van der Waals surface area contributed by atoms with Gasteiger partial charge in [0.25, 0.3) is 0 Å². The van der Waals surface area contributed by atoms with Crippen molar-refractivity contribution in [3.05, 3.63) is 29.8 Å². The molecule has 1 aromatic carbocycles. The molecule has 0 aromatic heterocycles. The first-order chi connectivity index (χ1) is 6.75. The molecular weight excluding hydrogens is 174 g/mol. The molecule has 1 aliphatic rings. The number of hydrogen-bond donors (Lipinski definition) is 1. The van der Waals surface area contributed by atoms with Crippen molar-refractivity contribution >= 4 is 5.69 Å². The summed E-state index contributed by atoms with van der Waals surface area (Å²) in [6.07, 6.45) is 4.45. The van der Waals surface area contributed by atoms with Gasteiger partial charge >= 0.3 is 0 Å². The summed E-state index contributed by atoms with van der Waals surface area (Å²) in [7, 11) is 0. The number of hydrogen-bond acceptors (Lipinski definition) is 2. The molecule has 1 saturated carbocycles. The summed E-state index contributed by atoms with van der Waals surface area (Å²) >= 11 is 0. The van der Waals surface area contributed by atoms with Gasteiger partial charge < -0.3 is 10.5 Å². The third-order valence-electron chi connectivity index (χ3n) is 2.85. The van der Waals surface area contributed by atoms with Crippen molar-refractivity contribution in [3.63, 3.8) is 0 Å². The first-order valence-corrected chi connectivity index (χ1v) is 5.26. The van der Waals surface area contributed by atoms with Crippen molar-refractivity contribution in [2.24, 2.45) is 0 Å². The van der Waals surface area contributed by atoms with Crippen LogP contribution in [0.15, 0.2) is 24.3 Å². The van der Waals surface area contributed by atoms with Crippen molar-refractivity contribution in [2.75, 3.05) is 5.73 Å². The van der Waals surface area contributed by atoms with Gasteiger partial charge in [-0.05, 0) is 43.9 Å². The molecule has 0 saturated heterocycles. The van der Waals surface area contributed by atoms with Crippen molar-refractivity contribution in [1.82, 2.24) is 0 Å². The van der Waals surface area contributed by atoms with E-state index in [-0.39, 0.29) is 6.10 Å². The third kappa shape index (κ3) is 2.07. The summed E-state index contributed by atoms with van der Waals surface area (Å²) in [6.45, 7) is 2.10. The maximum atomic E-state index is 5.87. The Labute approximate surface area is 85.1 Å². The predicted octanol–water partition coefficient (Wildman–Crippen LogP) is 2.90. The molecule has 2 rings (SSSR count). The first kappa shape index (κ1) is 9.53. The summed E-state index contributed by atoms with van der Waals surface area (Å²) in [6, 6.07) is 7.93. The quantitative estimate of drug-likeness (QED) is 0.745. The molecule has 0 heterocycles. The van der Waals surface area contributed by atoms with E-state index in [9.17, 15) is 0 Å². The molecule has 0 aliphatic heterocycles. The monoisotopic (exact) mass is 191 g/mol. The number of nitrogens with two attached hydrogens (primary N) is 1. The second kappa shape index (κ2) is 4.01. The Bertz CT molecular complexity index is 290. The lowest BCUT2D eigenvalue weighted by Crippen LogP contribution is -2.22. The van der Waals surface area contributed by atoms with Crippen LogP contribution in [0.1, 0.15) is 37.9 Å². The van der Waals surface area contributed by atoms with Crippen molar-refractivity contribution in [3.8, 4) is 0 Å². The molecule has 2 heteroatoms. The summed E-state index contributed by atoms with van der Waals surface area (Å²) in [5, 5.41) is 0. The van der Waals surface area contributed by atoms with Crippen LogP contribution in [0, 0.1) is 0 Å². The molecule has 0 spiro atoms. The molecule has 1 atom stereocenters. The topological polar surface area (TPSA) is 35.2 Å². The minimum atomic E-state index is 0.195. The number of anilines is 1. The molecule has 76 valence electrons. The molecule has 0 amide bonds. The maximum Gasteiger partial charge on any atom is 0.0800 e. The van der Waals surface area contributed by atoms with Crippen LogP contribution in [0.2, 0.25) is 0 Å². The molecule has 0 radical (unpaired) electrons. The Balaban J connectivity index is 1.95. The molecule has 1 unspecified atom stereocenters. The van der Waals surface area contributed by atoms with Gasteiger partial charge in [-0.25, -0.2) is 0 Å². The summed E-state index contributed by atoms with van der Waals surface area (Å²) < 4.78 is 5.87. The van der Waals surface area contributed by atoms with Gasteiger partial charge in [-0.3, -0.25) is 0 Å². The maximum absolute atomic E-state index is 5.87. The van der Waals surface area contributed by atoms with Gasteiger partial charge in [0.2, 0.25) is 0 Å². The van der Waals surface area contributed by atoms with Crippen LogP contribution in [0.25, 0.3) is 0 Å². The van der Waals surface area contributed by atoms with E-state index in [1.807, 2.05) is 24.3 Å². The predicted molar refractivity (Wildman–Crippen MR) is 58.0 cm³/mol. The average molecular weight is 191 g/mol. The normalized spacial score (nSPS) is 18.9. The van der Waals surface area contributed by atoms with Crippen LogP contribution < -0.4 is 5.73 Å². The smallest absolute Gasteiger partial charge is 0.0800 e. The van der Waals surface area contributed by atoms with Crippen molar-refractivity contribution in [1.29, 1.82) is 0 Å². The van der Waals surface area contributed by atoms with E-state index in [1.165, 1.54) is 24.8 Å². The fourth-order valence-electron chi connectivity index (χ4n) is 1.64. The molecule has 0 bridgehead atoms. The fraction of sp³-hybridized carbons (Fsp3) is 0.500. The highest BCUT2D eigenvalue weighted by molar-refractivity contribution is 5.39. The summed E-state index contributed by atoms with van der Waals surface area (Å²) in [4.78, 5) is 0. The Kier molecular flexibility index (Phi) is 2.73. The fourth-order valence-corrected chi connectivity index (χ4v) is 1.64. The average Bonchev–Trinajstić information content (AvgIpc) is 2.12. The molecule has 1 aromatic rings. The highest BCUT2D eigenvalue weighted by Crippen LogP contribution is 2.28. The van der Waals surface area contributed by atoms with E-state index in [0.29, 0.717) is 6.10 Å². The summed E-state index contributed by atoms with van der Waals surface area (Å²) in [5.41, 5.74) is 7.65. The SMILES string of the molecule is CC(OC1CCC1)c1ccc(N)cc1. The zero-order valence-electron chi connectivity index (χ0n) is 8.57. The van der Waals surface area contributed by atoms with Gasteiger partial charge in [-0.1, -0.05) is 12.1 Å². The lowest BCUT2D eigenvalue weighted by Gasteiger charge is -2.29. The molecule has 2 nitrogen and oxygen atoms in total. The largest absolute Gasteiger partial charge is 0.399 e. The molecule has 1 fully saturated rings. The van der Waals surface area contributed by atoms with Gasteiger partial charge in [-0.15, -0.1) is 0 Å². The van der Waals surface area contributed by atoms with Crippen LogP contribution >= 0.6 is 0 Å². The van der Waals surface area contributed by atoms with Gasteiger partial charge in [0.15, 0.2) is 0 Å². The second-order valence-electron chi connectivity index (χ2n) is 4.00. The van der Waals surface area contributed by atoms with Crippen molar-refractivity contribution < 1.29 is 4.74 Å². The molecule has 2 N–H and O–H groups in total. The van der Waals surface area contributed by atoms with E-state index in [1.54, 1.807) is 0 Å². The van der Waals surface area contributed by atoms with Gasteiger partial charge in [0.1, 0.15) is 0 Å². The number of nitrogen functional groups attached to an aromatic ring is 1. The Hall–Kier alpha value is -1.02. The van der Waals surface area contributed by atoms with E-state index >= 15 is 0 Å². The molecular formula is C12H17NO. The minimum absolute atomic E-state index is 0.195. The lowest BCUT2D eigenvalue weighted by molar-refractivity contribution is -0.0445. The van der Waals surface area contributed by atoms with Crippen LogP contribution in [0.5, 0.6) is 0 Å². The van der Waals surface area contributed by atoms with Gasteiger partial charge in [0, 0.05) is 5.69 Å². The Morgan fingerprint density at radius 2 is 1.93 bits per heavy atom. The molecule has 14 heavy (non-hydrogen) atoms. The van der Waals surface area contributed by atoms with E-state index in [0.717, 1.165) is 5.69 Å². The second-order valence-corrected chi connectivity index (χ2v) is 4.00. The van der Waals surface area contributed by atoms with Crippen LogP contribution in [-0.4, -0.2) is 6.10 Å². The lowest BCUT2D eigenvalue weighted by atomic mass is 9.96. The van der Waals surface area contributed by atoms with Gasteiger partial charge in [-0.2, -0.15) is 0 Å². The van der Waals surface area contributed by atoms with Crippen LogP contribution in [0.4, 0.5) is 5.69 Å². The van der Waals surface area contributed by atoms with E-state index in [4.69, 9.17) is 10.5 Å². The number of ether oxygens (including phenoxy) is 1. The molecule has 1 aliphatic carbocycles. The highest BCUT2D eigenvalue weighted by atomic mass is 16.5. The third-order valence-corrected chi connectivity index (χ3v) is 2.85. The first-order valence-electron chi connectivity index (χ1n) is 5.26. The minimum Gasteiger partial charge on any atom is -0.399 e. The van der Waals surface area contributed by atoms with E-state index < -0.39 is 0 Å². The van der Waals surface area contributed by atoms with Crippen LogP contribution in [-0.2, 0) is 4.74 Å². The highest BCUT2D eigenvalue weighted by Gasteiger charge is 2.20. The van der Waals surface area contributed by atoms with Gasteiger partial charge in [0.05, 0.1) is 12.2 Å². The zero-order valence-corrected chi connectivity index (χ0v) is 8.57.